The molecule has 7 N–H and O–H groups in total. The Hall–Kier alpha value is -3.11. The molecular weight excluding hydrogens is 544 g/mol. The average Bonchev–Trinajstić information content (AvgIpc) is 3.25. The lowest BCUT2D eigenvalue weighted by Crippen LogP contribution is -2.59. The molecule has 2 aromatic carbocycles. The predicted molar refractivity (Wildman–Crippen MR) is 139 cm³/mol. The van der Waals surface area contributed by atoms with Crippen LogP contribution in [-0.2, 0) is 34.9 Å². The Morgan fingerprint density at radius 2 is 1.71 bits per heavy atom. The van der Waals surface area contributed by atoms with Gasteiger partial charge in [0.15, 0.2) is 29.7 Å². The van der Waals surface area contributed by atoms with E-state index in [0.29, 0.717) is 12.0 Å². The minimum Gasteiger partial charge on any atom is -0.504 e. The molecule has 41 heavy (non-hydrogen) atoms. The van der Waals surface area contributed by atoms with Crippen LogP contribution in [0.25, 0.3) is 6.08 Å². The molecule has 0 amide bonds. The maximum Gasteiger partial charge on any atom is 0.330 e. The molecule has 224 valence electrons. The van der Waals surface area contributed by atoms with Gasteiger partial charge in [-0.25, -0.2) is 4.79 Å². The Morgan fingerprint density at radius 1 is 0.951 bits per heavy atom. The van der Waals surface area contributed by atoms with Gasteiger partial charge < -0.3 is 59.4 Å². The molecule has 0 aromatic heterocycles. The lowest BCUT2D eigenvalue weighted by molar-refractivity contribution is -0.309. The maximum atomic E-state index is 12.1. The lowest BCUT2D eigenvalue weighted by Gasteiger charge is -2.40. The number of benzene rings is 2. The number of hydrogen-bond donors (Lipinski definition) is 7. The fourth-order valence-electron chi connectivity index (χ4n) is 4.29. The molecule has 0 radical (unpaired) electrons. The zero-order valence-electron chi connectivity index (χ0n) is 21.9. The van der Waals surface area contributed by atoms with Gasteiger partial charge in [-0.05, 0) is 35.8 Å². The van der Waals surface area contributed by atoms with Gasteiger partial charge in [0.05, 0.1) is 19.8 Å². The molecule has 13 heteroatoms. The van der Waals surface area contributed by atoms with Gasteiger partial charge in [0.1, 0.15) is 37.1 Å². The van der Waals surface area contributed by atoms with Crippen molar-refractivity contribution in [3.8, 4) is 11.5 Å². The fraction of sp³-hybridized carbons (Fsp3) is 0.464. The van der Waals surface area contributed by atoms with Gasteiger partial charge in [0.25, 0.3) is 0 Å². The highest BCUT2D eigenvalue weighted by Crippen LogP contribution is 2.29. The van der Waals surface area contributed by atoms with Crippen molar-refractivity contribution >= 4 is 12.0 Å². The molecule has 2 aliphatic rings. The second kappa shape index (κ2) is 13.7. The largest absolute Gasteiger partial charge is 0.504 e. The van der Waals surface area contributed by atoms with Gasteiger partial charge >= 0.3 is 5.97 Å². The Kier molecular flexibility index (Phi) is 10.3. The minimum absolute atomic E-state index is 0.172. The molecule has 0 aliphatic carbocycles. The normalized spacial score (nSPS) is 31.9. The predicted octanol–water partition coefficient (Wildman–Crippen LogP) is -0.814. The molecule has 2 saturated heterocycles. The van der Waals surface area contributed by atoms with Gasteiger partial charge in [-0.1, -0.05) is 36.4 Å². The fourth-order valence-corrected chi connectivity index (χ4v) is 4.29. The number of esters is 1. The van der Waals surface area contributed by atoms with Crippen LogP contribution in [0.2, 0.25) is 0 Å². The first-order chi connectivity index (χ1) is 19.6. The van der Waals surface area contributed by atoms with Crippen LogP contribution in [0.1, 0.15) is 11.1 Å². The number of carbonyl (C=O) groups excluding carboxylic acids is 1. The highest BCUT2D eigenvalue weighted by Gasteiger charge is 2.51. The molecule has 2 heterocycles. The standard InChI is InChI=1S/C28H34O13/c29-18-8-6-17(12-19(18)30)7-9-21(31)39-14-28(36)15-40-27(25(28)35)38-13-20-22(32)23(33)24(34)26(41-20)37-11-10-16-4-2-1-3-5-16/h1-9,12,20,22-27,29-30,32-36H,10-11,13-15H2/b9-7+/t20-,22-,23+,24-,25-,26-,27+,28+/m0/s1. The third-order valence-electron chi connectivity index (χ3n) is 6.79. The molecule has 4 rings (SSSR count). The summed E-state index contributed by atoms with van der Waals surface area (Å²) in [4.78, 5) is 12.1. The molecule has 2 aliphatic heterocycles. The highest BCUT2D eigenvalue weighted by molar-refractivity contribution is 5.87. The van der Waals surface area contributed by atoms with E-state index >= 15 is 0 Å². The molecule has 0 unspecified atom stereocenters. The van der Waals surface area contributed by atoms with Crippen LogP contribution in [0.5, 0.6) is 11.5 Å². The SMILES string of the molecule is O=C(/C=C/c1ccc(O)c(O)c1)OC[C@@]1(O)CO[C@@H](OC[C@@H]2O[C@H](OCCc3ccccc3)[C@@H](O)[C@H](O)[C@H]2O)[C@@H]1O. The summed E-state index contributed by atoms with van der Waals surface area (Å²) in [6, 6.07) is 13.4. The number of rotatable bonds is 11. The van der Waals surface area contributed by atoms with Crippen LogP contribution in [0.15, 0.2) is 54.6 Å². The maximum absolute atomic E-state index is 12.1. The van der Waals surface area contributed by atoms with Crippen molar-refractivity contribution in [2.24, 2.45) is 0 Å². The van der Waals surface area contributed by atoms with E-state index in [4.69, 9.17) is 23.7 Å². The highest BCUT2D eigenvalue weighted by atomic mass is 16.7. The summed E-state index contributed by atoms with van der Waals surface area (Å²) in [5.74, 6) is -1.54. The zero-order valence-corrected chi connectivity index (χ0v) is 21.9. The van der Waals surface area contributed by atoms with Crippen molar-refractivity contribution in [2.75, 3.05) is 26.4 Å². The van der Waals surface area contributed by atoms with E-state index in [0.717, 1.165) is 11.6 Å². The number of hydrogen-bond acceptors (Lipinski definition) is 13. The first-order valence-electron chi connectivity index (χ1n) is 12.9. The van der Waals surface area contributed by atoms with Crippen LogP contribution in [0.3, 0.4) is 0 Å². The molecule has 0 spiro atoms. The number of phenolic OH excluding ortho intramolecular Hbond substituents is 2. The third-order valence-corrected chi connectivity index (χ3v) is 6.79. The van der Waals surface area contributed by atoms with Crippen molar-refractivity contribution < 1.29 is 64.2 Å². The van der Waals surface area contributed by atoms with Crippen molar-refractivity contribution in [3.05, 3.63) is 65.7 Å². The van der Waals surface area contributed by atoms with Gasteiger partial charge in [0.2, 0.25) is 0 Å². The molecule has 13 nitrogen and oxygen atoms in total. The van der Waals surface area contributed by atoms with Crippen LogP contribution in [-0.4, -0.2) is 117 Å². The second-order valence-electron chi connectivity index (χ2n) is 9.87. The van der Waals surface area contributed by atoms with Crippen LogP contribution < -0.4 is 0 Å². The summed E-state index contributed by atoms with van der Waals surface area (Å²) in [6.45, 7) is -1.31. The van der Waals surface area contributed by atoms with Gasteiger partial charge in [-0.15, -0.1) is 0 Å². The first kappa shape index (κ1) is 30.8. The van der Waals surface area contributed by atoms with Crippen LogP contribution in [0, 0.1) is 0 Å². The average molecular weight is 579 g/mol. The number of ether oxygens (including phenoxy) is 5. The van der Waals surface area contributed by atoms with E-state index in [9.17, 15) is 40.5 Å². The summed E-state index contributed by atoms with van der Waals surface area (Å²) in [5.41, 5.74) is -0.602. The van der Waals surface area contributed by atoms with E-state index in [1.807, 2.05) is 30.3 Å². The Bertz CT molecular complexity index is 1170. The van der Waals surface area contributed by atoms with E-state index in [2.05, 4.69) is 0 Å². The number of aliphatic hydroxyl groups is 5. The smallest absolute Gasteiger partial charge is 0.330 e. The van der Waals surface area contributed by atoms with Gasteiger partial charge in [-0.2, -0.15) is 0 Å². The van der Waals surface area contributed by atoms with Crippen molar-refractivity contribution in [2.45, 2.75) is 55.1 Å². The van der Waals surface area contributed by atoms with Crippen molar-refractivity contribution in [1.82, 2.24) is 0 Å². The Labute approximate surface area is 235 Å². The number of phenols is 2. The summed E-state index contributed by atoms with van der Waals surface area (Å²) >= 11 is 0. The molecule has 2 aromatic rings. The molecular formula is C28H34O13. The van der Waals surface area contributed by atoms with E-state index in [1.165, 1.54) is 24.3 Å². The Balaban J connectivity index is 1.24. The van der Waals surface area contributed by atoms with Gasteiger partial charge in [-0.3, -0.25) is 0 Å². The quantitative estimate of drug-likeness (QED) is 0.0991. The zero-order chi connectivity index (χ0) is 29.6. The van der Waals surface area contributed by atoms with E-state index in [-0.39, 0.29) is 18.1 Å². The number of aliphatic hydroxyl groups excluding tert-OH is 4. The monoisotopic (exact) mass is 578 g/mol. The lowest BCUT2D eigenvalue weighted by atomic mass is 9.99. The summed E-state index contributed by atoms with van der Waals surface area (Å²) in [5, 5.41) is 71.1. The molecule has 0 saturated carbocycles. The van der Waals surface area contributed by atoms with Crippen LogP contribution in [0.4, 0.5) is 0 Å². The third kappa shape index (κ3) is 7.80. The van der Waals surface area contributed by atoms with Crippen LogP contribution >= 0.6 is 0 Å². The topological polar surface area (TPSA) is 205 Å². The Morgan fingerprint density at radius 3 is 2.44 bits per heavy atom. The number of aromatic hydroxyl groups is 2. The minimum atomic E-state index is -2.00. The summed E-state index contributed by atoms with van der Waals surface area (Å²) in [6.07, 6.45) is -7.23. The number of carbonyl (C=O) groups is 1. The van der Waals surface area contributed by atoms with Crippen molar-refractivity contribution in [1.29, 1.82) is 0 Å². The van der Waals surface area contributed by atoms with E-state index in [1.54, 1.807) is 0 Å². The first-order valence-corrected chi connectivity index (χ1v) is 12.9. The van der Waals surface area contributed by atoms with Crippen molar-refractivity contribution in [3.63, 3.8) is 0 Å². The van der Waals surface area contributed by atoms with Gasteiger partial charge in [0, 0.05) is 6.08 Å². The van der Waals surface area contributed by atoms with E-state index < -0.39 is 74.5 Å². The molecule has 8 atom stereocenters. The molecule has 0 bridgehead atoms. The summed E-state index contributed by atoms with van der Waals surface area (Å²) < 4.78 is 27.0. The second-order valence-corrected chi connectivity index (χ2v) is 9.87. The molecule has 2 fully saturated rings. The summed E-state index contributed by atoms with van der Waals surface area (Å²) in [7, 11) is 0.